The third-order valence-electron chi connectivity index (χ3n) is 3.14. The van der Waals surface area contributed by atoms with Gasteiger partial charge in [0.25, 0.3) is 0 Å². The molecule has 0 aromatic rings. The van der Waals surface area contributed by atoms with Crippen molar-refractivity contribution in [2.45, 2.75) is 43.9 Å². The zero-order chi connectivity index (χ0) is 12.3. The first kappa shape index (κ1) is 15.3. The molecule has 0 amide bonds. The Morgan fingerprint density at radius 2 is 2.12 bits per heavy atom. The van der Waals surface area contributed by atoms with E-state index in [2.05, 4.69) is 24.0 Å². The van der Waals surface area contributed by atoms with E-state index >= 15 is 0 Å². The summed E-state index contributed by atoms with van der Waals surface area (Å²) in [4.78, 5) is 0. The van der Waals surface area contributed by atoms with Gasteiger partial charge in [0.1, 0.15) is 0 Å². The largest absolute Gasteiger partial charge is 0.382 e. The molecule has 102 valence electrons. The topological polar surface area (TPSA) is 30.5 Å². The van der Waals surface area contributed by atoms with E-state index in [1.54, 1.807) is 7.11 Å². The number of nitrogens with one attached hydrogen (secondary N) is 1. The molecule has 0 radical (unpaired) electrons. The van der Waals surface area contributed by atoms with Crippen molar-refractivity contribution in [2.75, 3.05) is 39.2 Å². The number of rotatable bonds is 10. The molecule has 1 rings (SSSR count). The summed E-state index contributed by atoms with van der Waals surface area (Å²) in [7, 11) is 1.70. The molecule has 0 aromatic heterocycles. The molecule has 2 unspecified atom stereocenters. The molecular formula is C13H27NO2S. The molecule has 1 N–H and O–H groups in total. The van der Waals surface area contributed by atoms with Crippen LogP contribution in [0.1, 0.15) is 32.6 Å². The minimum atomic E-state index is 0.700. The van der Waals surface area contributed by atoms with Crippen LogP contribution in [0.3, 0.4) is 0 Å². The Balaban J connectivity index is 1.94. The van der Waals surface area contributed by atoms with Gasteiger partial charge in [-0.2, -0.15) is 11.8 Å². The highest BCUT2D eigenvalue weighted by Crippen LogP contribution is 2.29. The van der Waals surface area contributed by atoms with Crippen molar-refractivity contribution in [3.8, 4) is 0 Å². The van der Waals surface area contributed by atoms with Crippen molar-refractivity contribution >= 4 is 11.8 Å². The Hall–Kier alpha value is 0.230. The first-order chi connectivity index (χ1) is 8.38. The van der Waals surface area contributed by atoms with Crippen LogP contribution >= 0.6 is 11.8 Å². The molecule has 0 saturated heterocycles. The van der Waals surface area contributed by atoms with E-state index in [9.17, 15) is 0 Å². The zero-order valence-corrected chi connectivity index (χ0v) is 12.1. The van der Waals surface area contributed by atoms with Gasteiger partial charge >= 0.3 is 0 Å². The van der Waals surface area contributed by atoms with Crippen LogP contribution in [0.5, 0.6) is 0 Å². The van der Waals surface area contributed by atoms with E-state index < -0.39 is 0 Å². The van der Waals surface area contributed by atoms with Crippen LogP contribution < -0.4 is 5.32 Å². The van der Waals surface area contributed by atoms with Gasteiger partial charge in [0.15, 0.2) is 0 Å². The lowest BCUT2D eigenvalue weighted by Gasteiger charge is -2.20. The SMILES string of the molecule is CCSC1CCCC1NCCCOCCOC. The second-order valence-corrected chi connectivity index (χ2v) is 5.96. The molecule has 1 aliphatic carbocycles. The number of hydrogen-bond donors (Lipinski definition) is 1. The van der Waals surface area contributed by atoms with Crippen LogP contribution in [0.2, 0.25) is 0 Å². The third-order valence-corrected chi connectivity index (χ3v) is 4.46. The summed E-state index contributed by atoms with van der Waals surface area (Å²) in [5, 5.41) is 4.52. The molecule has 1 aliphatic rings. The summed E-state index contributed by atoms with van der Waals surface area (Å²) >= 11 is 2.11. The maximum absolute atomic E-state index is 5.44. The lowest BCUT2D eigenvalue weighted by atomic mass is 10.2. The number of thioether (sulfide) groups is 1. The molecule has 0 aromatic carbocycles. The van der Waals surface area contributed by atoms with E-state index in [0.29, 0.717) is 13.2 Å². The molecule has 4 heteroatoms. The molecule has 17 heavy (non-hydrogen) atoms. The van der Waals surface area contributed by atoms with Crippen LogP contribution in [0, 0.1) is 0 Å². The Bertz CT molecular complexity index is 181. The van der Waals surface area contributed by atoms with Gasteiger partial charge in [-0.15, -0.1) is 0 Å². The van der Waals surface area contributed by atoms with Gasteiger partial charge in [-0.25, -0.2) is 0 Å². The molecule has 0 aliphatic heterocycles. The monoisotopic (exact) mass is 261 g/mol. The maximum Gasteiger partial charge on any atom is 0.0700 e. The predicted octanol–water partition coefficient (Wildman–Crippen LogP) is 2.30. The van der Waals surface area contributed by atoms with E-state index in [1.165, 1.54) is 25.0 Å². The summed E-state index contributed by atoms with van der Waals surface area (Å²) < 4.78 is 10.4. The maximum atomic E-state index is 5.44. The molecule has 2 atom stereocenters. The van der Waals surface area contributed by atoms with Crippen molar-refractivity contribution in [1.29, 1.82) is 0 Å². The average molecular weight is 261 g/mol. The second kappa shape index (κ2) is 10.2. The van der Waals surface area contributed by atoms with E-state index in [4.69, 9.17) is 9.47 Å². The summed E-state index contributed by atoms with van der Waals surface area (Å²) in [5.41, 5.74) is 0. The highest BCUT2D eigenvalue weighted by Gasteiger charge is 2.26. The zero-order valence-electron chi connectivity index (χ0n) is 11.2. The molecule has 0 heterocycles. The lowest BCUT2D eigenvalue weighted by molar-refractivity contribution is 0.0693. The van der Waals surface area contributed by atoms with Crippen LogP contribution in [0.15, 0.2) is 0 Å². The third kappa shape index (κ3) is 6.65. The van der Waals surface area contributed by atoms with Crippen molar-refractivity contribution < 1.29 is 9.47 Å². The minimum Gasteiger partial charge on any atom is -0.382 e. The highest BCUT2D eigenvalue weighted by atomic mass is 32.2. The molecule has 3 nitrogen and oxygen atoms in total. The first-order valence-electron chi connectivity index (χ1n) is 6.80. The standard InChI is InChI=1S/C13H27NO2S/c1-3-17-13-7-4-6-12(13)14-8-5-9-16-11-10-15-2/h12-14H,3-11H2,1-2H3. The Morgan fingerprint density at radius 1 is 1.24 bits per heavy atom. The number of ether oxygens (including phenoxy) is 2. The van der Waals surface area contributed by atoms with E-state index in [-0.39, 0.29) is 0 Å². The van der Waals surface area contributed by atoms with Gasteiger partial charge in [-0.3, -0.25) is 0 Å². The summed E-state index contributed by atoms with van der Waals surface area (Å²) in [6.45, 7) is 5.59. The molecule has 0 bridgehead atoms. The van der Waals surface area contributed by atoms with Gasteiger partial charge in [-0.1, -0.05) is 13.3 Å². The fraction of sp³-hybridized carbons (Fsp3) is 1.00. The fourth-order valence-electron chi connectivity index (χ4n) is 2.28. The average Bonchev–Trinajstić information content (AvgIpc) is 2.76. The van der Waals surface area contributed by atoms with Gasteiger partial charge in [0, 0.05) is 25.0 Å². The lowest BCUT2D eigenvalue weighted by Crippen LogP contribution is -2.35. The van der Waals surface area contributed by atoms with E-state index in [1.807, 2.05) is 0 Å². The normalized spacial score (nSPS) is 24.4. The Kier molecular flexibility index (Phi) is 9.16. The first-order valence-corrected chi connectivity index (χ1v) is 7.85. The van der Waals surface area contributed by atoms with Crippen LogP contribution in [0.4, 0.5) is 0 Å². The second-order valence-electron chi connectivity index (χ2n) is 4.44. The number of methoxy groups -OCH3 is 1. The fourth-order valence-corrected chi connectivity index (χ4v) is 3.51. The quantitative estimate of drug-likeness (QED) is 0.611. The van der Waals surface area contributed by atoms with Crippen molar-refractivity contribution in [3.05, 3.63) is 0 Å². The predicted molar refractivity (Wildman–Crippen MR) is 74.9 cm³/mol. The highest BCUT2D eigenvalue weighted by molar-refractivity contribution is 7.99. The minimum absolute atomic E-state index is 0.700. The summed E-state index contributed by atoms with van der Waals surface area (Å²) in [6.07, 6.45) is 5.23. The van der Waals surface area contributed by atoms with Gasteiger partial charge in [-0.05, 0) is 31.6 Å². The van der Waals surface area contributed by atoms with Crippen molar-refractivity contribution in [1.82, 2.24) is 5.32 Å². The number of hydrogen-bond acceptors (Lipinski definition) is 4. The molecule has 1 fully saturated rings. The Morgan fingerprint density at radius 3 is 2.88 bits per heavy atom. The van der Waals surface area contributed by atoms with Crippen LogP contribution in [-0.2, 0) is 9.47 Å². The molecule has 0 spiro atoms. The smallest absolute Gasteiger partial charge is 0.0700 e. The van der Waals surface area contributed by atoms with Gasteiger partial charge in [0.2, 0.25) is 0 Å². The van der Waals surface area contributed by atoms with Crippen molar-refractivity contribution in [2.24, 2.45) is 0 Å². The summed E-state index contributed by atoms with van der Waals surface area (Å²) in [5.74, 6) is 1.24. The van der Waals surface area contributed by atoms with Gasteiger partial charge in [0.05, 0.1) is 13.2 Å². The van der Waals surface area contributed by atoms with Gasteiger partial charge < -0.3 is 14.8 Å². The van der Waals surface area contributed by atoms with Crippen LogP contribution in [0.25, 0.3) is 0 Å². The summed E-state index contributed by atoms with van der Waals surface area (Å²) in [6, 6.07) is 0.735. The Labute approximate surface area is 110 Å². The van der Waals surface area contributed by atoms with Crippen molar-refractivity contribution in [3.63, 3.8) is 0 Å². The molecular weight excluding hydrogens is 234 g/mol. The van der Waals surface area contributed by atoms with Crippen LogP contribution in [-0.4, -0.2) is 50.5 Å². The molecule has 1 saturated carbocycles. The van der Waals surface area contributed by atoms with E-state index in [0.717, 1.165) is 30.9 Å².